The van der Waals surface area contributed by atoms with Crippen LogP contribution in [0.3, 0.4) is 0 Å². The van der Waals surface area contributed by atoms with E-state index in [9.17, 15) is 5.26 Å². The average molecular weight is 328 g/mol. The summed E-state index contributed by atoms with van der Waals surface area (Å²) in [7, 11) is 0. The predicted molar refractivity (Wildman–Crippen MR) is 92.5 cm³/mol. The number of aliphatic imine (C=N–C) groups is 1. The summed E-state index contributed by atoms with van der Waals surface area (Å²) in [5.41, 5.74) is 1.73. The molecule has 0 saturated carbocycles. The molecule has 0 atom stereocenters. The molecular formula is C20H12N2O3. The minimum atomic E-state index is 0.212. The second-order valence-corrected chi connectivity index (χ2v) is 5.22. The van der Waals surface area contributed by atoms with E-state index in [1.54, 1.807) is 43.0 Å². The van der Waals surface area contributed by atoms with Crippen molar-refractivity contribution >= 4 is 12.1 Å². The smallest absolute Gasteiger partial charge is 0.238 e. The van der Waals surface area contributed by atoms with Crippen LogP contribution in [-0.4, -0.2) is 6.21 Å². The molecule has 3 aromatic heterocycles. The topological polar surface area (TPSA) is 75.6 Å². The lowest BCUT2D eigenvalue weighted by atomic mass is 10.1. The van der Waals surface area contributed by atoms with Crippen molar-refractivity contribution in [3.63, 3.8) is 0 Å². The highest BCUT2D eigenvalue weighted by molar-refractivity contribution is 5.87. The van der Waals surface area contributed by atoms with Gasteiger partial charge in [-0.3, -0.25) is 0 Å². The van der Waals surface area contributed by atoms with Crippen LogP contribution >= 0.6 is 0 Å². The van der Waals surface area contributed by atoms with Gasteiger partial charge < -0.3 is 13.3 Å². The number of hydrogen-bond acceptors (Lipinski definition) is 5. The third-order valence-corrected chi connectivity index (χ3v) is 3.64. The van der Waals surface area contributed by atoms with Gasteiger partial charge in [0.05, 0.1) is 18.1 Å². The molecule has 0 fully saturated rings. The molecule has 4 aromatic rings. The Kier molecular flexibility index (Phi) is 3.77. The van der Waals surface area contributed by atoms with Crippen LogP contribution in [0.2, 0.25) is 0 Å². The molecule has 0 unspecified atom stereocenters. The maximum Gasteiger partial charge on any atom is 0.238 e. The van der Waals surface area contributed by atoms with Gasteiger partial charge >= 0.3 is 0 Å². The van der Waals surface area contributed by atoms with Crippen molar-refractivity contribution in [1.82, 2.24) is 0 Å². The fourth-order valence-electron chi connectivity index (χ4n) is 2.52. The zero-order valence-electron chi connectivity index (χ0n) is 13.0. The highest BCUT2D eigenvalue weighted by Gasteiger charge is 2.25. The molecule has 0 aliphatic heterocycles. The highest BCUT2D eigenvalue weighted by Crippen LogP contribution is 2.42. The molecule has 0 amide bonds. The van der Waals surface area contributed by atoms with Crippen molar-refractivity contribution in [3.8, 4) is 28.9 Å². The van der Waals surface area contributed by atoms with Gasteiger partial charge in [-0.25, -0.2) is 4.99 Å². The summed E-state index contributed by atoms with van der Waals surface area (Å²) in [4.78, 5) is 4.35. The van der Waals surface area contributed by atoms with Gasteiger partial charge in [-0.1, -0.05) is 30.3 Å². The number of hydrogen-bond donors (Lipinski definition) is 0. The lowest BCUT2D eigenvalue weighted by Gasteiger charge is -1.96. The van der Waals surface area contributed by atoms with Crippen molar-refractivity contribution in [2.45, 2.75) is 0 Å². The van der Waals surface area contributed by atoms with Gasteiger partial charge in [0.25, 0.3) is 0 Å². The monoisotopic (exact) mass is 328 g/mol. The van der Waals surface area contributed by atoms with Crippen LogP contribution in [-0.2, 0) is 0 Å². The molecule has 0 saturated heterocycles. The summed E-state index contributed by atoms with van der Waals surface area (Å²) in [6.45, 7) is 0. The van der Waals surface area contributed by atoms with Crippen molar-refractivity contribution < 1.29 is 13.3 Å². The summed E-state index contributed by atoms with van der Waals surface area (Å²) in [6.07, 6.45) is 4.74. The zero-order valence-corrected chi connectivity index (χ0v) is 13.0. The molecule has 1 aromatic carbocycles. The van der Waals surface area contributed by atoms with Crippen LogP contribution in [0.5, 0.6) is 0 Å². The van der Waals surface area contributed by atoms with E-state index in [1.807, 2.05) is 30.3 Å². The van der Waals surface area contributed by atoms with E-state index in [2.05, 4.69) is 11.1 Å². The summed E-state index contributed by atoms with van der Waals surface area (Å²) in [5.74, 6) is 1.65. The first kappa shape index (κ1) is 14.8. The second kappa shape index (κ2) is 6.38. The standard InChI is InChI=1S/C20H12N2O3/c21-12-15-18(16-8-4-10-23-16)19(17-9-5-11-24-17)25-20(15)22-13-14-6-2-1-3-7-14/h1-11,13H. The van der Waals surface area contributed by atoms with Gasteiger partial charge in [-0.2, -0.15) is 5.26 Å². The zero-order chi connectivity index (χ0) is 17.1. The Hall–Kier alpha value is -3.78. The molecule has 120 valence electrons. The lowest BCUT2D eigenvalue weighted by Crippen LogP contribution is -1.81. The number of benzene rings is 1. The van der Waals surface area contributed by atoms with E-state index in [0.29, 0.717) is 28.4 Å². The fourth-order valence-corrected chi connectivity index (χ4v) is 2.52. The Labute approximate surface area is 143 Å². The molecule has 0 aliphatic carbocycles. The Morgan fingerprint density at radius 3 is 2.24 bits per heavy atom. The summed E-state index contributed by atoms with van der Waals surface area (Å²) < 4.78 is 16.8. The molecule has 0 radical (unpaired) electrons. The van der Waals surface area contributed by atoms with Gasteiger partial charge in [-0.15, -0.1) is 0 Å². The number of furan rings is 3. The molecule has 0 bridgehead atoms. The van der Waals surface area contributed by atoms with E-state index in [4.69, 9.17) is 13.3 Å². The van der Waals surface area contributed by atoms with E-state index >= 15 is 0 Å². The largest absolute Gasteiger partial charge is 0.464 e. The predicted octanol–water partition coefficient (Wildman–Crippen LogP) is 5.42. The molecule has 0 spiro atoms. The fraction of sp³-hybridized carbons (Fsp3) is 0. The lowest BCUT2D eigenvalue weighted by molar-refractivity contribution is 0.527. The van der Waals surface area contributed by atoms with Gasteiger partial charge in [-0.05, 0) is 29.8 Å². The number of nitrogens with zero attached hydrogens (tertiary/aromatic N) is 2. The minimum Gasteiger partial charge on any atom is -0.464 e. The molecule has 0 aliphatic rings. The summed E-state index contributed by atoms with van der Waals surface area (Å²) >= 11 is 0. The Bertz CT molecular complexity index is 1030. The first-order valence-electron chi connectivity index (χ1n) is 7.60. The van der Waals surface area contributed by atoms with E-state index < -0.39 is 0 Å². The quantitative estimate of drug-likeness (QED) is 0.469. The maximum atomic E-state index is 9.65. The van der Waals surface area contributed by atoms with Crippen molar-refractivity contribution in [1.29, 1.82) is 5.26 Å². The van der Waals surface area contributed by atoms with Crippen LogP contribution < -0.4 is 0 Å². The average Bonchev–Trinajstić information content (AvgIpc) is 3.40. The summed E-state index contributed by atoms with van der Waals surface area (Å²) in [5, 5.41) is 9.65. The van der Waals surface area contributed by atoms with E-state index in [1.165, 1.54) is 0 Å². The maximum absolute atomic E-state index is 9.65. The minimum absolute atomic E-state index is 0.212. The van der Waals surface area contributed by atoms with Gasteiger partial charge in [0.15, 0.2) is 11.5 Å². The molecule has 0 N–H and O–H groups in total. The third kappa shape index (κ3) is 2.77. The Morgan fingerprint density at radius 1 is 0.880 bits per heavy atom. The first-order chi connectivity index (χ1) is 12.4. The van der Waals surface area contributed by atoms with Gasteiger partial charge in [0.2, 0.25) is 5.88 Å². The van der Waals surface area contributed by atoms with Gasteiger partial charge in [0.1, 0.15) is 17.4 Å². The molecule has 3 heterocycles. The normalized spacial score (nSPS) is 11.0. The van der Waals surface area contributed by atoms with E-state index in [0.717, 1.165) is 5.56 Å². The van der Waals surface area contributed by atoms with Crippen LogP contribution in [0, 0.1) is 11.3 Å². The Morgan fingerprint density at radius 2 is 1.60 bits per heavy atom. The van der Waals surface area contributed by atoms with Crippen LogP contribution in [0.1, 0.15) is 11.1 Å². The second-order valence-electron chi connectivity index (χ2n) is 5.22. The van der Waals surface area contributed by atoms with Crippen molar-refractivity contribution in [3.05, 3.63) is 78.3 Å². The van der Waals surface area contributed by atoms with Crippen molar-refractivity contribution in [2.24, 2.45) is 4.99 Å². The van der Waals surface area contributed by atoms with Crippen LogP contribution in [0.4, 0.5) is 5.88 Å². The highest BCUT2D eigenvalue weighted by atomic mass is 16.4. The third-order valence-electron chi connectivity index (χ3n) is 3.64. The summed E-state index contributed by atoms with van der Waals surface area (Å²) in [6, 6.07) is 18.8. The molecule has 25 heavy (non-hydrogen) atoms. The first-order valence-corrected chi connectivity index (χ1v) is 7.60. The molecule has 5 nitrogen and oxygen atoms in total. The molecular weight excluding hydrogens is 316 g/mol. The number of rotatable bonds is 4. The van der Waals surface area contributed by atoms with Crippen LogP contribution in [0.25, 0.3) is 22.8 Å². The number of nitriles is 1. The SMILES string of the molecule is N#Cc1c(N=Cc2ccccc2)oc(-c2ccco2)c1-c1ccco1. The van der Waals surface area contributed by atoms with E-state index in [-0.39, 0.29) is 5.88 Å². The van der Waals surface area contributed by atoms with Crippen molar-refractivity contribution in [2.75, 3.05) is 0 Å². The van der Waals surface area contributed by atoms with Crippen LogP contribution in [0.15, 0.2) is 85.4 Å². The molecule has 4 rings (SSSR count). The Balaban J connectivity index is 1.87. The molecule has 5 heteroatoms. The van der Waals surface area contributed by atoms with Gasteiger partial charge in [0, 0.05) is 6.21 Å².